The quantitative estimate of drug-likeness (QED) is 0.673. The van der Waals surface area contributed by atoms with Crippen LogP contribution in [0.2, 0.25) is 0 Å². The highest BCUT2D eigenvalue weighted by molar-refractivity contribution is 5.78. The summed E-state index contributed by atoms with van der Waals surface area (Å²) in [5.41, 5.74) is 0.806. The Kier molecular flexibility index (Phi) is 4.91. The van der Waals surface area contributed by atoms with Gasteiger partial charge in [-0.15, -0.1) is 0 Å². The molecule has 1 aromatic carbocycles. The van der Waals surface area contributed by atoms with E-state index >= 15 is 0 Å². The lowest BCUT2D eigenvalue weighted by Crippen LogP contribution is -2.27. The van der Waals surface area contributed by atoms with E-state index in [0.29, 0.717) is 13.0 Å². The Morgan fingerprint density at radius 1 is 1.21 bits per heavy atom. The third kappa shape index (κ3) is 5.41. The number of alkyl halides is 3. The molecule has 0 aromatic heterocycles. The van der Waals surface area contributed by atoms with Gasteiger partial charge in [0.25, 0.3) is 0 Å². The van der Waals surface area contributed by atoms with Crippen molar-refractivity contribution in [2.75, 3.05) is 6.54 Å². The van der Waals surface area contributed by atoms with Crippen molar-refractivity contribution >= 4 is 11.9 Å². The third-order valence-electron chi connectivity index (χ3n) is 2.15. The van der Waals surface area contributed by atoms with E-state index in [4.69, 9.17) is 0 Å². The van der Waals surface area contributed by atoms with Crippen LogP contribution >= 0.6 is 0 Å². The molecule has 4 nitrogen and oxygen atoms in total. The van der Waals surface area contributed by atoms with Gasteiger partial charge in [-0.3, -0.25) is 4.79 Å². The molecule has 0 atom stereocenters. The molecule has 1 amide bonds. The summed E-state index contributed by atoms with van der Waals surface area (Å²) in [4.78, 5) is 21.2. The summed E-state index contributed by atoms with van der Waals surface area (Å²) in [6.07, 6.45) is -4.48. The largest absolute Gasteiger partial charge is 0.491 e. The van der Waals surface area contributed by atoms with Gasteiger partial charge in [0.15, 0.2) is 0 Å². The Balaban J connectivity index is 2.52. The lowest BCUT2D eigenvalue weighted by Gasteiger charge is -2.07. The standard InChI is InChI=1S/C12H12F3NO3/c1-8(17)16-7-6-9-2-4-10(5-3-9)19-11(18)12(13,14)15/h2-5H,6-7H2,1H3,(H,16,17). The smallest absolute Gasteiger partial charge is 0.420 e. The van der Waals surface area contributed by atoms with Gasteiger partial charge in [-0.05, 0) is 24.1 Å². The van der Waals surface area contributed by atoms with Crippen LogP contribution in [-0.4, -0.2) is 24.6 Å². The highest BCUT2D eigenvalue weighted by Crippen LogP contribution is 2.20. The third-order valence-corrected chi connectivity index (χ3v) is 2.15. The van der Waals surface area contributed by atoms with Gasteiger partial charge in [0.2, 0.25) is 5.91 Å². The van der Waals surface area contributed by atoms with Crippen molar-refractivity contribution in [3.63, 3.8) is 0 Å². The monoisotopic (exact) mass is 275 g/mol. The van der Waals surface area contributed by atoms with Crippen LogP contribution in [0.1, 0.15) is 12.5 Å². The topological polar surface area (TPSA) is 55.4 Å². The zero-order valence-corrected chi connectivity index (χ0v) is 10.1. The molecule has 1 aromatic rings. The maximum atomic E-state index is 11.9. The normalized spacial score (nSPS) is 10.9. The summed E-state index contributed by atoms with van der Waals surface area (Å²) in [7, 11) is 0. The fourth-order valence-electron chi connectivity index (χ4n) is 1.27. The number of nitrogens with one attached hydrogen (secondary N) is 1. The SMILES string of the molecule is CC(=O)NCCc1ccc(OC(=O)C(F)(F)F)cc1. The number of hydrogen-bond acceptors (Lipinski definition) is 3. The predicted octanol–water partition coefficient (Wildman–Crippen LogP) is 1.83. The van der Waals surface area contributed by atoms with Crippen molar-refractivity contribution in [2.45, 2.75) is 19.5 Å². The van der Waals surface area contributed by atoms with Crippen LogP contribution in [0.4, 0.5) is 13.2 Å². The molecule has 0 aliphatic heterocycles. The van der Waals surface area contributed by atoms with E-state index in [-0.39, 0.29) is 11.7 Å². The van der Waals surface area contributed by atoms with Crippen molar-refractivity contribution in [2.24, 2.45) is 0 Å². The second kappa shape index (κ2) is 6.21. The number of ether oxygens (including phenoxy) is 1. The Bertz CT molecular complexity index is 454. The Morgan fingerprint density at radius 2 is 1.79 bits per heavy atom. The van der Waals surface area contributed by atoms with Crippen LogP contribution in [0.3, 0.4) is 0 Å². The van der Waals surface area contributed by atoms with Crippen LogP contribution in [0.15, 0.2) is 24.3 Å². The number of halogens is 3. The molecule has 0 aliphatic carbocycles. The zero-order valence-electron chi connectivity index (χ0n) is 10.1. The number of carbonyl (C=O) groups is 2. The Labute approximate surface area is 107 Å². The molecule has 104 valence electrons. The molecule has 0 fully saturated rings. The molecule has 0 bridgehead atoms. The first-order chi connectivity index (χ1) is 8.79. The summed E-state index contributed by atoms with van der Waals surface area (Å²) >= 11 is 0. The lowest BCUT2D eigenvalue weighted by atomic mass is 10.1. The number of benzene rings is 1. The van der Waals surface area contributed by atoms with Gasteiger partial charge in [-0.25, -0.2) is 4.79 Å². The van der Waals surface area contributed by atoms with Crippen molar-refractivity contribution in [3.05, 3.63) is 29.8 Å². The molecule has 0 saturated carbocycles. The minimum Gasteiger partial charge on any atom is -0.420 e. The molecule has 1 rings (SSSR count). The van der Waals surface area contributed by atoms with E-state index in [1.54, 1.807) is 0 Å². The highest BCUT2D eigenvalue weighted by atomic mass is 19.4. The molecule has 0 heterocycles. The maximum absolute atomic E-state index is 11.9. The highest BCUT2D eigenvalue weighted by Gasteiger charge is 2.41. The van der Waals surface area contributed by atoms with Crippen molar-refractivity contribution < 1.29 is 27.5 Å². The second-order valence-electron chi connectivity index (χ2n) is 3.76. The van der Waals surface area contributed by atoms with E-state index < -0.39 is 12.1 Å². The van der Waals surface area contributed by atoms with Gasteiger partial charge in [-0.1, -0.05) is 12.1 Å². The average molecular weight is 275 g/mol. The van der Waals surface area contributed by atoms with E-state index in [0.717, 1.165) is 5.56 Å². The number of carbonyl (C=O) groups excluding carboxylic acids is 2. The molecule has 0 aliphatic rings. The van der Waals surface area contributed by atoms with Gasteiger partial charge in [0.1, 0.15) is 5.75 Å². The minimum absolute atomic E-state index is 0.157. The van der Waals surface area contributed by atoms with Gasteiger partial charge >= 0.3 is 12.1 Å². The first-order valence-corrected chi connectivity index (χ1v) is 5.41. The van der Waals surface area contributed by atoms with Crippen molar-refractivity contribution in [1.29, 1.82) is 0 Å². The minimum atomic E-state index is -5.01. The Morgan fingerprint density at radius 3 is 2.26 bits per heavy atom. The van der Waals surface area contributed by atoms with Crippen LogP contribution in [0.25, 0.3) is 0 Å². The fourth-order valence-corrected chi connectivity index (χ4v) is 1.27. The number of rotatable bonds is 4. The van der Waals surface area contributed by atoms with Gasteiger partial charge < -0.3 is 10.1 Å². The number of esters is 1. The maximum Gasteiger partial charge on any atom is 0.491 e. The summed E-state index contributed by atoms with van der Waals surface area (Å²) in [6.45, 7) is 1.82. The average Bonchev–Trinajstić information content (AvgIpc) is 2.29. The predicted molar refractivity (Wildman–Crippen MR) is 60.5 cm³/mol. The van der Waals surface area contributed by atoms with E-state index in [1.165, 1.54) is 31.2 Å². The van der Waals surface area contributed by atoms with Crippen LogP contribution < -0.4 is 10.1 Å². The van der Waals surface area contributed by atoms with E-state index in [9.17, 15) is 22.8 Å². The summed E-state index contributed by atoms with van der Waals surface area (Å²) in [6, 6.07) is 5.60. The first-order valence-electron chi connectivity index (χ1n) is 5.41. The molecule has 19 heavy (non-hydrogen) atoms. The molecular formula is C12H12F3NO3. The molecule has 0 spiro atoms. The van der Waals surface area contributed by atoms with Crippen molar-refractivity contribution in [3.8, 4) is 5.75 Å². The molecule has 0 unspecified atom stereocenters. The molecular weight excluding hydrogens is 263 g/mol. The first kappa shape index (κ1) is 15.0. The second-order valence-corrected chi connectivity index (χ2v) is 3.76. The molecule has 0 saturated heterocycles. The summed E-state index contributed by atoms with van der Waals surface area (Å²) in [5, 5.41) is 2.59. The van der Waals surface area contributed by atoms with Gasteiger partial charge in [0.05, 0.1) is 0 Å². The van der Waals surface area contributed by atoms with Gasteiger partial charge in [-0.2, -0.15) is 13.2 Å². The van der Waals surface area contributed by atoms with Gasteiger partial charge in [0, 0.05) is 13.5 Å². The lowest BCUT2D eigenvalue weighted by molar-refractivity contribution is -0.189. The van der Waals surface area contributed by atoms with Crippen LogP contribution in [0.5, 0.6) is 5.75 Å². The zero-order chi connectivity index (χ0) is 14.5. The van der Waals surface area contributed by atoms with Crippen molar-refractivity contribution in [1.82, 2.24) is 5.32 Å². The van der Waals surface area contributed by atoms with Crippen LogP contribution in [0, 0.1) is 0 Å². The molecule has 1 N–H and O–H groups in total. The number of hydrogen-bond donors (Lipinski definition) is 1. The van der Waals surface area contributed by atoms with E-state index in [1.807, 2.05) is 0 Å². The molecule has 0 radical (unpaired) electrons. The fraction of sp³-hybridized carbons (Fsp3) is 0.333. The number of amides is 1. The summed E-state index contributed by atoms with van der Waals surface area (Å²) < 4.78 is 40.0. The van der Waals surface area contributed by atoms with Crippen LogP contribution in [-0.2, 0) is 16.0 Å². The van der Waals surface area contributed by atoms with E-state index in [2.05, 4.69) is 10.1 Å². The Hall–Kier alpha value is -2.05. The summed E-state index contributed by atoms with van der Waals surface area (Å²) in [5.74, 6) is -2.58. The molecule has 7 heteroatoms.